The van der Waals surface area contributed by atoms with Crippen LogP contribution in [0.4, 0.5) is 17.6 Å². The highest BCUT2D eigenvalue weighted by Crippen LogP contribution is 2.46. The second-order valence-electron chi connectivity index (χ2n) is 13.8. The first-order chi connectivity index (χ1) is 22.4. The Kier molecular flexibility index (Phi) is 11.2. The lowest BCUT2D eigenvalue weighted by Gasteiger charge is -2.27. The van der Waals surface area contributed by atoms with E-state index in [1.54, 1.807) is 51.9 Å². The van der Waals surface area contributed by atoms with Gasteiger partial charge in [0.2, 0.25) is 5.91 Å². The number of nitrogens with zero attached hydrogens (tertiary/aromatic N) is 2. The lowest BCUT2D eigenvalue weighted by molar-refractivity contribution is -0.139. The van der Waals surface area contributed by atoms with Crippen LogP contribution in [0, 0.1) is 32.5 Å². The fraction of sp³-hybridized carbons (Fsp3) is 0.486. The minimum atomic E-state index is -4.78. The lowest BCUT2D eigenvalue weighted by atomic mass is 9.87. The van der Waals surface area contributed by atoms with Crippen molar-refractivity contribution >= 4 is 11.9 Å². The topological polar surface area (TPSA) is 91.6 Å². The van der Waals surface area contributed by atoms with Crippen LogP contribution < -0.4 is 10.9 Å². The highest BCUT2D eigenvalue weighted by Gasteiger charge is 2.36. The number of carbonyl (C=O) groups is 2. The molecule has 1 fully saturated rings. The molecule has 0 radical (unpaired) electrons. The van der Waals surface area contributed by atoms with Gasteiger partial charge in [0.1, 0.15) is 11.9 Å². The molecule has 260 valence electrons. The predicted molar refractivity (Wildman–Crippen MR) is 178 cm³/mol. The molecule has 2 N–H and O–H groups in total. The quantitative estimate of drug-likeness (QED) is 0.184. The van der Waals surface area contributed by atoms with Gasteiger partial charge in [0.15, 0.2) is 0 Å². The van der Waals surface area contributed by atoms with E-state index in [1.165, 1.54) is 0 Å². The van der Waals surface area contributed by atoms with E-state index in [1.807, 2.05) is 19.9 Å². The molecule has 1 amide bonds. The van der Waals surface area contributed by atoms with E-state index < -0.39 is 53.5 Å². The first-order valence-electron chi connectivity index (χ1n) is 16.3. The minimum Gasteiger partial charge on any atom is -0.481 e. The number of carboxylic acids is 1. The van der Waals surface area contributed by atoms with Gasteiger partial charge in [0, 0.05) is 24.4 Å². The second-order valence-corrected chi connectivity index (χ2v) is 13.8. The maximum Gasteiger partial charge on any atom is 0.416 e. The number of carbonyl (C=O) groups excluding carboxylic acids is 1. The molecular formula is C37H45F4N3O4. The van der Waals surface area contributed by atoms with Crippen LogP contribution >= 0.6 is 0 Å². The summed E-state index contributed by atoms with van der Waals surface area (Å²) in [4.78, 5) is 41.0. The number of rotatable bonds is 13. The molecule has 1 aliphatic rings. The Labute approximate surface area is 279 Å². The Morgan fingerprint density at radius 3 is 2.27 bits per heavy atom. The van der Waals surface area contributed by atoms with E-state index in [-0.39, 0.29) is 42.0 Å². The van der Waals surface area contributed by atoms with Gasteiger partial charge in [-0.25, -0.2) is 4.39 Å². The molecule has 11 heteroatoms. The molecule has 1 saturated carbocycles. The van der Waals surface area contributed by atoms with Crippen molar-refractivity contribution in [2.75, 3.05) is 20.6 Å². The van der Waals surface area contributed by atoms with Gasteiger partial charge in [-0.1, -0.05) is 31.5 Å². The number of hydrogen-bond donors (Lipinski definition) is 2. The number of aryl methyl sites for hydroxylation is 3. The highest BCUT2D eigenvalue weighted by molar-refractivity contribution is 5.82. The van der Waals surface area contributed by atoms with Crippen LogP contribution in [-0.4, -0.2) is 47.1 Å². The summed E-state index contributed by atoms with van der Waals surface area (Å²) < 4.78 is 58.8. The van der Waals surface area contributed by atoms with Crippen LogP contribution in [0.3, 0.4) is 0 Å². The maximum absolute atomic E-state index is 15.9. The lowest BCUT2D eigenvalue weighted by Crippen LogP contribution is -2.41. The summed E-state index contributed by atoms with van der Waals surface area (Å²) in [6, 6.07) is 5.38. The fourth-order valence-corrected chi connectivity index (χ4v) is 6.42. The number of likely N-dealkylation sites (N-methyl/N-ethyl adjacent to an activating group) is 1. The summed E-state index contributed by atoms with van der Waals surface area (Å²) in [5.41, 5.74) is 2.94. The van der Waals surface area contributed by atoms with Gasteiger partial charge < -0.3 is 19.9 Å². The smallest absolute Gasteiger partial charge is 0.416 e. The third kappa shape index (κ3) is 8.72. The SMILES string of the molecule is Cc1cc(C)c(-c2cc(C)c(F)c([C@H](CC(=O)O)NC(=O)C(CC(C)C)n3cc(CCN(C)C)c(C(F)(F)F)cc3=O)c2)c(C2CC2)c1. The van der Waals surface area contributed by atoms with E-state index in [9.17, 15) is 32.7 Å². The van der Waals surface area contributed by atoms with Gasteiger partial charge in [-0.05, 0) is 118 Å². The first-order valence-corrected chi connectivity index (χ1v) is 16.3. The number of amides is 1. The van der Waals surface area contributed by atoms with Gasteiger partial charge in [-0.2, -0.15) is 13.2 Å². The monoisotopic (exact) mass is 671 g/mol. The molecule has 2 atom stereocenters. The van der Waals surface area contributed by atoms with Crippen molar-refractivity contribution in [3.63, 3.8) is 0 Å². The Morgan fingerprint density at radius 2 is 1.71 bits per heavy atom. The third-order valence-corrected chi connectivity index (χ3v) is 8.80. The third-order valence-electron chi connectivity index (χ3n) is 8.80. The molecule has 0 aliphatic heterocycles. The van der Waals surface area contributed by atoms with Crippen LogP contribution in [0.15, 0.2) is 41.3 Å². The van der Waals surface area contributed by atoms with Crippen LogP contribution in [0.5, 0.6) is 0 Å². The molecule has 1 unspecified atom stereocenters. The summed E-state index contributed by atoms with van der Waals surface area (Å²) in [5, 5.41) is 12.5. The normalized spacial score (nSPS) is 14.8. The van der Waals surface area contributed by atoms with Crippen molar-refractivity contribution < 1.29 is 32.3 Å². The van der Waals surface area contributed by atoms with Gasteiger partial charge in [0.25, 0.3) is 5.56 Å². The number of hydrogen-bond acceptors (Lipinski definition) is 4. The standard InChI is InChI=1S/C37H45F4N3O4/c1-20(2)12-31(44-19-25(10-11-43(6)7)29(17-32(44)45)37(39,40)41)36(48)42-30(18-33(46)47)28-16-26(15-23(5)35(28)38)34-22(4)13-21(3)14-27(34)24-8-9-24/h13-17,19-20,24,30-31H,8-12,18H2,1-7H3,(H,42,48)(H,46,47)/t30-,31?/m0/s1. The molecule has 0 spiro atoms. The first kappa shape index (κ1) is 36.8. The summed E-state index contributed by atoms with van der Waals surface area (Å²) in [7, 11) is 3.42. The van der Waals surface area contributed by atoms with E-state index in [0.29, 0.717) is 17.5 Å². The van der Waals surface area contributed by atoms with Crippen molar-refractivity contribution in [1.82, 2.24) is 14.8 Å². The number of aromatic nitrogens is 1. The maximum atomic E-state index is 15.9. The summed E-state index contributed by atoms with van der Waals surface area (Å²) in [6.07, 6.45) is -2.23. The number of pyridine rings is 1. The van der Waals surface area contributed by atoms with Gasteiger partial charge in [-0.3, -0.25) is 14.4 Å². The van der Waals surface area contributed by atoms with Gasteiger partial charge in [-0.15, -0.1) is 0 Å². The van der Waals surface area contributed by atoms with Crippen molar-refractivity contribution in [2.45, 2.75) is 90.9 Å². The molecular weight excluding hydrogens is 626 g/mol. The number of alkyl halides is 3. The van der Waals surface area contributed by atoms with Crippen molar-refractivity contribution in [3.05, 3.63) is 91.6 Å². The van der Waals surface area contributed by atoms with Crippen LogP contribution in [0.2, 0.25) is 0 Å². The summed E-state index contributed by atoms with van der Waals surface area (Å²) in [6.45, 7) is 9.44. The number of nitrogens with one attached hydrogen (secondary N) is 1. The summed E-state index contributed by atoms with van der Waals surface area (Å²) in [5.74, 6) is -2.54. The van der Waals surface area contributed by atoms with E-state index in [2.05, 4.69) is 11.4 Å². The van der Waals surface area contributed by atoms with Gasteiger partial charge in [0.05, 0.1) is 18.0 Å². The van der Waals surface area contributed by atoms with Crippen LogP contribution in [0.25, 0.3) is 11.1 Å². The molecule has 0 saturated heterocycles. The molecule has 0 bridgehead atoms. The Balaban J connectivity index is 1.81. The van der Waals surface area contributed by atoms with E-state index >= 15 is 4.39 Å². The molecule has 4 rings (SSSR count). The Bertz CT molecular complexity index is 1740. The largest absolute Gasteiger partial charge is 0.481 e. The zero-order chi connectivity index (χ0) is 35.7. The molecule has 1 aromatic heterocycles. The predicted octanol–water partition coefficient (Wildman–Crippen LogP) is 7.50. The van der Waals surface area contributed by atoms with E-state index in [0.717, 1.165) is 45.9 Å². The molecule has 7 nitrogen and oxygen atoms in total. The second kappa shape index (κ2) is 14.6. The zero-order valence-corrected chi connectivity index (χ0v) is 28.6. The molecule has 3 aromatic rings. The average molecular weight is 672 g/mol. The van der Waals surface area contributed by atoms with Crippen molar-refractivity contribution in [3.8, 4) is 11.1 Å². The Morgan fingerprint density at radius 1 is 1.04 bits per heavy atom. The zero-order valence-electron chi connectivity index (χ0n) is 28.6. The van der Waals surface area contributed by atoms with Gasteiger partial charge >= 0.3 is 12.1 Å². The number of benzene rings is 2. The number of halogens is 4. The Hall–Kier alpha value is -3.99. The number of carboxylic acid groups (broad SMARTS) is 1. The van der Waals surface area contributed by atoms with E-state index in [4.69, 9.17) is 0 Å². The molecule has 48 heavy (non-hydrogen) atoms. The van der Waals surface area contributed by atoms with Crippen LogP contribution in [0.1, 0.15) is 96.5 Å². The van der Waals surface area contributed by atoms with Crippen molar-refractivity contribution in [2.24, 2.45) is 5.92 Å². The fourth-order valence-electron chi connectivity index (χ4n) is 6.42. The molecule has 1 aliphatic carbocycles. The molecule has 1 heterocycles. The number of aliphatic carboxylic acids is 1. The van der Waals surface area contributed by atoms with Crippen molar-refractivity contribution in [1.29, 1.82) is 0 Å². The molecule has 2 aromatic carbocycles. The minimum absolute atomic E-state index is 0.0165. The highest BCUT2D eigenvalue weighted by atomic mass is 19.4. The van der Waals surface area contributed by atoms with Crippen LogP contribution in [-0.2, 0) is 22.2 Å². The summed E-state index contributed by atoms with van der Waals surface area (Å²) >= 11 is 0. The average Bonchev–Trinajstić information content (AvgIpc) is 3.81.